The van der Waals surface area contributed by atoms with Gasteiger partial charge in [0.25, 0.3) is 0 Å². The molecule has 0 saturated carbocycles. The van der Waals surface area contributed by atoms with Crippen LogP contribution < -0.4 is 5.73 Å². The Kier molecular flexibility index (Phi) is 4.68. The molecule has 3 nitrogen and oxygen atoms in total. The van der Waals surface area contributed by atoms with Crippen molar-refractivity contribution in [3.8, 4) is 0 Å². The second-order valence-electron chi connectivity index (χ2n) is 5.77. The number of rotatable bonds is 5. The molecule has 0 aliphatic heterocycles. The number of benzene rings is 1. The van der Waals surface area contributed by atoms with E-state index in [4.69, 9.17) is 5.73 Å². The lowest BCUT2D eigenvalue weighted by Crippen LogP contribution is -2.09. The summed E-state index contributed by atoms with van der Waals surface area (Å²) < 4.78 is 16.0. The van der Waals surface area contributed by atoms with Gasteiger partial charge >= 0.3 is 0 Å². The molecule has 0 bridgehead atoms. The summed E-state index contributed by atoms with van der Waals surface area (Å²) in [6, 6.07) is 3.44. The van der Waals surface area contributed by atoms with E-state index in [-0.39, 0.29) is 11.9 Å². The Balaban J connectivity index is 2.28. The van der Waals surface area contributed by atoms with Crippen molar-refractivity contribution < 1.29 is 4.39 Å². The molecule has 0 radical (unpaired) electrons. The van der Waals surface area contributed by atoms with E-state index < -0.39 is 0 Å². The minimum atomic E-state index is -0.311. The van der Waals surface area contributed by atoms with Gasteiger partial charge in [-0.1, -0.05) is 26.7 Å². The first-order chi connectivity index (χ1) is 9.40. The van der Waals surface area contributed by atoms with Gasteiger partial charge in [-0.25, -0.2) is 9.37 Å². The van der Waals surface area contributed by atoms with Gasteiger partial charge in [-0.2, -0.15) is 0 Å². The van der Waals surface area contributed by atoms with E-state index in [0.29, 0.717) is 21.9 Å². The highest BCUT2D eigenvalue weighted by Crippen LogP contribution is 2.29. The Hall–Kier alpha value is -1.10. The second kappa shape index (κ2) is 6.12. The van der Waals surface area contributed by atoms with Crippen molar-refractivity contribution in [1.82, 2.24) is 9.55 Å². The molecular formula is C15H21BrFN3. The maximum atomic E-state index is 13.5. The van der Waals surface area contributed by atoms with Gasteiger partial charge in [0.15, 0.2) is 0 Å². The predicted molar refractivity (Wildman–Crippen MR) is 85.2 cm³/mol. The molecule has 2 rings (SSSR count). The van der Waals surface area contributed by atoms with Gasteiger partial charge in [0.1, 0.15) is 5.82 Å². The molecule has 1 unspecified atom stereocenters. The second-order valence-corrected chi connectivity index (χ2v) is 6.62. The van der Waals surface area contributed by atoms with Crippen LogP contribution in [0.2, 0.25) is 0 Å². The number of imidazole rings is 1. The highest BCUT2D eigenvalue weighted by Gasteiger charge is 2.16. The molecule has 0 amide bonds. The van der Waals surface area contributed by atoms with Crippen LogP contribution in [-0.4, -0.2) is 9.55 Å². The topological polar surface area (TPSA) is 43.8 Å². The molecule has 0 aliphatic carbocycles. The van der Waals surface area contributed by atoms with Crippen molar-refractivity contribution in [1.29, 1.82) is 0 Å². The standard InChI is InChI=1S/C15H21BrFN3/c1-9(2)5-4-6-10(3)20-14-7-11(16)12(17)8-13(14)19-15(20)18/h7-10H,4-6H2,1-3H3,(H2,18,19). The highest BCUT2D eigenvalue weighted by atomic mass is 79.9. The van der Waals surface area contributed by atoms with Crippen LogP contribution in [0.15, 0.2) is 16.6 Å². The Bertz CT molecular complexity index is 607. The Morgan fingerprint density at radius 2 is 2.00 bits per heavy atom. The predicted octanol–water partition coefficient (Wildman–Crippen LogP) is 4.91. The largest absolute Gasteiger partial charge is 0.369 e. The van der Waals surface area contributed by atoms with Crippen LogP contribution in [0.3, 0.4) is 0 Å². The van der Waals surface area contributed by atoms with Gasteiger partial charge < -0.3 is 10.3 Å². The summed E-state index contributed by atoms with van der Waals surface area (Å²) in [5.74, 6) is 0.853. The number of hydrogen-bond acceptors (Lipinski definition) is 2. The van der Waals surface area contributed by atoms with E-state index in [1.807, 2.05) is 4.57 Å². The Morgan fingerprint density at radius 3 is 2.65 bits per heavy atom. The molecule has 0 spiro atoms. The third-order valence-electron chi connectivity index (χ3n) is 3.60. The van der Waals surface area contributed by atoms with Crippen LogP contribution in [0.4, 0.5) is 10.3 Å². The fraction of sp³-hybridized carbons (Fsp3) is 0.533. The Morgan fingerprint density at radius 1 is 1.30 bits per heavy atom. The molecule has 2 aromatic rings. The Labute approximate surface area is 127 Å². The van der Waals surface area contributed by atoms with Crippen LogP contribution in [0.5, 0.6) is 0 Å². The van der Waals surface area contributed by atoms with Crippen molar-refractivity contribution in [2.45, 2.75) is 46.1 Å². The van der Waals surface area contributed by atoms with Gasteiger partial charge in [-0.15, -0.1) is 0 Å². The summed E-state index contributed by atoms with van der Waals surface area (Å²) in [5, 5.41) is 0. The summed E-state index contributed by atoms with van der Waals surface area (Å²) in [5.41, 5.74) is 7.49. The van der Waals surface area contributed by atoms with Gasteiger partial charge in [0, 0.05) is 12.1 Å². The average Bonchev–Trinajstić information content (AvgIpc) is 2.64. The molecule has 0 saturated heterocycles. The first kappa shape index (κ1) is 15.3. The average molecular weight is 342 g/mol. The molecule has 2 N–H and O–H groups in total. The lowest BCUT2D eigenvalue weighted by atomic mass is 10.0. The van der Waals surface area contributed by atoms with Crippen LogP contribution in [0.25, 0.3) is 11.0 Å². The third kappa shape index (κ3) is 3.14. The molecule has 5 heteroatoms. The fourth-order valence-corrected chi connectivity index (χ4v) is 2.85. The summed E-state index contributed by atoms with van der Waals surface area (Å²) in [4.78, 5) is 4.26. The van der Waals surface area contributed by atoms with Crippen molar-refractivity contribution in [3.05, 3.63) is 22.4 Å². The van der Waals surface area contributed by atoms with E-state index in [1.165, 1.54) is 12.5 Å². The van der Waals surface area contributed by atoms with E-state index in [1.54, 1.807) is 6.07 Å². The molecule has 1 atom stereocenters. The number of nitrogens with two attached hydrogens (primary N) is 1. The number of nitrogens with zero attached hydrogens (tertiary/aromatic N) is 2. The number of nitrogen functional groups attached to an aromatic ring is 1. The zero-order valence-corrected chi connectivity index (χ0v) is 13.7. The molecule has 1 heterocycles. The van der Waals surface area contributed by atoms with Crippen molar-refractivity contribution in [3.63, 3.8) is 0 Å². The SMILES string of the molecule is CC(C)CCCC(C)n1c(N)nc2cc(F)c(Br)cc21. The maximum Gasteiger partial charge on any atom is 0.201 e. The first-order valence-corrected chi connectivity index (χ1v) is 7.82. The van der Waals surface area contributed by atoms with Crippen LogP contribution in [0.1, 0.15) is 46.1 Å². The monoisotopic (exact) mass is 341 g/mol. The van der Waals surface area contributed by atoms with Crippen LogP contribution >= 0.6 is 15.9 Å². The molecule has 0 aliphatic rings. The van der Waals surface area contributed by atoms with E-state index in [2.05, 4.69) is 41.7 Å². The third-order valence-corrected chi connectivity index (χ3v) is 4.21. The van der Waals surface area contributed by atoms with Crippen molar-refractivity contribution in [2.75, 3.05) is 5.73 Å². The summed E-state index contributed by atoms with van der Waals surface area (Å²) in [7, 11) is 0. The van der Waals surface area contributed by atoms with E-state index in [0.717, 1.165) is 18.4 Å². The fourth-order valence-electron chi connectivity index (χ4n) is 2.52. The minimum absolute atomic E-state index is 0.260. The van der Waals surface area contributed by atoms with Gasteiger partial charge in [0.2, 0.25) is 5.95 Å². The molecule has 20 heavy (non-hydrogen) atoms. The van der Waals surface area contributed by atoms with Gasteiger partial charge in [0.05, 0.1) is 15.5 Å². The summed E-state index contributed by atoms with van der Waals surface area (Å²) in [6.45, 7) is 6.59. The lowest BCUT2D eigenvalue weighted by Gasteiger charge is -2.16. The van der Waals surface area contributed by atoms with Crippen LogP contribution in [-0.2, 0) is 0 Å². The number of fused-ring (bicyclic) bond motifs is 1. The smallest absolute Gasteiger partial charge is 0.201 e. The normalized spacial score (nSPS) is 13.3. The maximum absolute atomic E-state index is 13.5. The van der Waals surface area contributed by atoms with Crippen LogP contribution in [0, 0.1) is 11.7 Å². The quantitative estimate of drug-likeness (QED) is 0.839. The van der Waals surface area contributed by atoms with E-state index in [9.17, 15) is 4.39 Å². The number of anilines is 1. The number of halogens is 2. The molecule has 1 aromatic carbocycles. The van der Waals surface area contributed by atoms with Crippen molar-refractivity contribution in [2.24, 2.45) is 5.92 Å². The zero-order valence-electron chi connectivity index (χ0n) is 12.2. The number of aromatic nitrogens is 2. The minimum Gasteiger partial charge on any atom is -0.369 e. The van der Waals surface area contributed by atoms with Gasteiger partial charge in [-0.3, -0.25) is 0 Å². The zero-order chi connectivity index (χ0) is 14.9. The highest BCUT2D eigenvalue weighted by molar-refractivity contribution is 9.10. The molecular weight excluding hydrogens is 321 g/mol. The first-order valence-electron chi connectivity index (χ1n) is 7.02. The summed E-state index contributed by atoms with van der Waals surface area (Å²) >= 11 is 3.22. The molecule has 110 valence electrons. The molecule has 0 fully saturated rings. The number of hydrogen-bond donors (Lipinski definition) is 1. The molecule has 1 aromatic heterocycles. The lowest BCUT2D eigenvalue weighted by molar-refractivity contribution is 0.457. The summed E-state index contributed by atoms with van der Waals surface area (Å²) in [6.07, 6.45) is 3.40. The van der Waals surface area contributed by atoms with Crippen molar-refractivity contribution >= 4 is 32.9 Å². The van der Waals surface area contributed by atoms with Gasteiger partial charge in [-0.05, 0) is 41.3 Å². The van der Waals surface area contributed by atoms with E-state index >= 15 is 0 Å².